The van der Waals surface area contributed by atoms with Crippen molar-refractivity contribution in [3.05, 3.63) is 23.7 Å². The summed E-state index contributed by atoms with van der Waals surface area (Å²) in [5.41, 5.74) is 6.01. The van der Waals surface area contributed by atoms with Gasteiger partial charge in [-0.25, -0.2) is 0 Å². The number of furan rings is 1. The number of hydrogen-bond donors (Lipinski definition) is 2. The maximum atomic E-state index is 12.2. The van der Waals surface area contributed by atoms with E-state index in [2.05, 4.69) is 19.2 Å². The van der Waals surface area contributed by atoms with Crippen molar-refractivity contribution < 1.29 is 13.9 Å². The van der Waals surface area contributed by atoms with E-state index in [0.29, 0.717) is 23.8 Å². The average molecular weight is 301 g/mol. The Morgan fingerprint density at radius 3 is 2.95 bits per heavy atom. The highest BCUT2D eigenvalue weighted by atomic mass is 35.5. The zero-order valence-electron chi connectivity index (χ0n) is 11.7. The van der Waals surface area contributed by atoms with Crippen LogP contribution in [0, 0.1) is 11.3 Å². The first kappa shape index (κ1) is 15.4. The predicted octanol–water partition coefficient (Wildman–Crippen LogP) is 1.70. The largest absolute Gasteiger partial charge is 0.467 e. The molecule has 112 valence electrons. The number of fused-ring (bicyclic) bond motifs is 1. The molecule has 5 nitrogen and oxygen atoms in total. The molecule has 0 radical (unpaired) electrons. The second kappa shape index (κ2) is 5.39. The molecule has 1 amide bonds. The van der Waals surface area contributed by atoms with Gasteiger partial charge in [-0.05, 0) is 12.5 Å². The van der Waals surface area contributed by atoms with Gasteiger partial charge in [0.25, 0.3) is 5.91 Å². The lowest BCUT2D eigenvalue weighted by Gasteiger charge is -2.54. The number of carbonyl (C=O) groups excluding carboxylic acids is 1. The van der Waals surface area contributed by atoms with E-state index in [0.717, 1.165) is 13.0 Å². The highest BCUT2D eigenvalue weighted by Crippen LogP contribution is 2.52. The lowest BCUT2D eigenvalue weighted by molar-refractivity contribution is -0.108. The summed E-state index contributed by atoms with van der Waals surface area (Å²) in [6.45, 7) is 5.39. The van der Waals surface area contributed by atoms with Gasteiger partial charge in [-0.15, -0.1) is 12.4 Å². The minimum absolute atomic E-state index is 0. The van der Waals surface area contributed by atoms with Gasteiger partial charge in [0.05, 0.1) is 18.2 Å². The fraction of sp³-hybridized carbons (Fsp3) is 0.643. The van der Waals surface area contributed by atoms with Gasteiger partial charge in [0.2, 0.25) is 0 Å². The molecule has 1 aliphatic heterocycles. The Morgan fingerprint density at radius 1 is 1.55 bits per heavy atom. The summed E-state index contributed by atoms with van der Waals surface area (Å²) in [4.78, 5) is 12.2. The lowest BCUT2D eigenvalue weighted by atomic mass is 9.57. The van der Waals surface area contributed by atoms with Crippen LogP contribution in [0.15, 0.2) is 16.7 Å². The van der Waals surface area contributed by atoms with Gasteiger partial charge in [0.1, 0.15) is 12.0 Å². The molecular weight excluding hydrogens is 280 g/mol. The molecule has 3 N–H and O–H groups in total. The van der Waals surface area contributed by atoms with Crippen LogP contribution < -0.4 is 11.1 Å². The average Bonchev–Trinajstić information content (AvgIpc) is 3.03. The van der Waals surface area contributed by atoms with E-state index >= 15 is 0 Å². The van der Waals surface area contributed by atoms with E-state index in [1.165, 1.54) is 6.26 Å². The number of carbonyl (C=O) groups is 1. The molecule has 1 aromatic rings. The van der Waals surface area contributed by atoms with Crippen LogP contribution in [-0.2, 0) is 11.3 Å². The van der Waals surface area contributed by atoms with Gasteiger partial charge in [-0.3, -0.25) is 4.79 Å². The zero-order chi connectivity index (χ0) is 13.6. The fourth-order valence-electron chi connectivity index (χ4n) is 3.45. The summed E-state index contributed by atoms with van der Waals surface area (Å²) in [7, 11) is 0. The van der Waals surface area contributed by atoms with E-state index in [1.54, 1.807) is 6.07 Å². The Balaban J connectivity index is 0.00000147. The summed E-state index contributed by atoms with van der Waals surface area (Å²) in [6, 6.07) is 1.87. The van der Waals surface area contributed by atoms with Gasteiger partial charge in [-0.1, -0.05) is 13.8 Å². The molecule has 1 aromatic heterocycles. The van der Waals surface area contributed by atoms with Crippen molar-refractivity contribution in [3.63, 3.8) is 0 Å². The van der Waals surface area contributed by atoms with Crippen LogP contribution in [0.25, 0.3) is 0 Å². The van der Waals surface area contributed by atoms with Gasteiger partial charge in [0.15, 0.2) is 0 Å². The fourth-order valence-corrected chi connectivity index (χ4v) is 3.45. The van der Waals surface area contributed by atoms with Gasteiger partial charge < -0.3 is 20.2 Å². The summed E-state index contributed by atoms with van der Waals surface area (Å²) in [6.07, 6.45) is 2.77. The van der Waals surface area contributed by atoms with Crippen LogP contribution >= 0.6 is 12.4 Å². The maximum absolute atomic E-state index is 12.2. The van der Waals surface area contributed by atoms with E-state index in [1.807, 2.05) is 0 Å². The van der Waals surface area contributed by atoms with E-state index in [4.69, 9.17) is 14.9 Å². The monoisotopic (exact) mass is 300 g/mol. The summed E-state index contributed by atoms with van der Waals surface area (Å²) in [5.74, 6) is 0.979. The van der Waals surface area contributed by atoms with Crippen molar-refractivity contribution in [1.29, 1.82) is 0 Å². The minimum Gasteiger partial charge on any atom is -0.467 e. The molecule has 20 heavy (non-hydrogen) atoms. The molecule has 1 aliphatic carbocycles. The van der Waals surface area contributed by atoms with Gasteiger partial charge >= 0.3 is 0 Å². The standard InChI is InChI=1S/C14H20N2O3.ClH/c1-14(2)11(10-3-4-18-12(10)14)16-13(17)8-5-9(6-15)19-7-8;/h5,7,10-12H,3-4,6,15H2,1-2H3,(H,16,17);1H. The molecule has 3 unspecified atom stereocenters. The van der Waals surface area contributed by atoms with Crippen LogP contribution in [-0.4, -0.2) is 24.7 Å². The Kier molecular flexibility index (Phi) is 4.14. The van der Waals surface area contributed by atoms with E-state index in [9.17, 15) is 4.79 Å². The van der Waals surface area contributed by atoms with Crippen LogP contribution in [0.2, 0.25) is 0 Å². The second-order valence-electron chi connectivity index (χ2n) is 6.02. The normalized spacial score (nSPS) is 30.1. The predicted molar refractivity (Wildman–Crippen MR) is 76.7 cm³/mol. The first-order valence-electron chi connectivity index (χ1n) is 6.74. The quantitative estimate of drug-likeness (QED) is 0.891. The molecule has 1 saturated heterocycles. The van der Waals surface area contributed by atoms with Crippen molar-refractivity contribution in [2.24, 2.45) is 17.1 Å². The number of halogens is 1. The number of nitrogens with one attached hydrogen (secondary N) is 1. The van der Waals surface area contributed by atoms with Crippen LogP contribution in [0.1, 0.15) is 36.4 Å². The van der Waals surface area contributed by atoms with Crippen molar-refractivity contribution in [2.75, 3.05) is 6.61 Å². The molecule has 0 aromatic carbocycles. The molecular formula is C14H21ClN2O3. The highest BCUT2D eigenvalue weighted by molar-refractivity contribution is 5.94. The third kappa shape index (κ3) is 2.24. The smallest absolute Gasteiger partial charge is 0.254 e. The van der Waals surface area contributed by atoms with Crippen molar-refractivity contribution in [1.82, 2.24) is 5.32 Å². The SMILES string of the molecule is CC1(C)C(NC(=O)c2coc(CN)c2)C2CCOC21.Cl. The molecule has 1 saturated carbocycles. The second-order valence-corrected chi connectivity index (χ2v) is 6.02. The van der Waals surface area contributed by atoms with Crippen LogP contribution in [0.3, 0.4) is 0 Å². The molecule has 2 aliphatic rings. The third-order valence-corrected chi connectivity index (χ3v) is 4.50. The maximum Gasteiger partial charge on any atom is 0.254 e. The molecule has 2 heterocycles. The third-order valence-electron chi connectivity index (χ3n) is 4.50. The topological polar surface area (TPSA) is 77.5 Å². The summed E-state index contributed by atoms with van der Waals surface area (Å²) < 4.78 is 10.9. The number of ether oxygens (including phenoxy) is 1. The first-order valence-corrected chi connectivity index (χ1v) is 6.74. The molecule has 3 atom stereocenters. The number of amides is 1. The highest BCUT2D eigenvalue weighted by Gasteiger charge is 2.59. The Morgan fingerprint density at radius 2 is 2.30 bits per heavy atom. The summed E-state index contributed by atoms with van der Waals surface area (Å²) in [5, 5.41) is 3.11. The van der Waals surface area contributed by atoms with Crippen LogP contribution in [0.5, 0.6) is 0 Å². The molecule has 2 fully saturated rings. The Hall–Kier alpha value is -1.04. The van der Waals surface area contributed by atoms with Crippen molar-refractivity contribution in [3.8, 4) is 0 Å². The van der Waals surface area contributed by atoms with Crippen molar-refractivity contribution in [2.45, 2.75) is 39.0 Å². The molecule has 3 rings (SSSR count). The lowest BCUT2D eigenvalue weighted by Crippen LogP contribution is -2.66. The first-order chi connectivity index (χ1) is 9.04. The zero-order valence-corrected chi connectivity index (χ0v) is 12.5. The van der Waals surface area contributed by atoms with Crippen molar-refractivity contribution >= 4 is 18.3 Å². The Bertz CT molecular complexity index is 500. The molecule has 0 spiro atoms. The number of hydrogen-bond acceptors (Lipinski definition) is 4. The van der Waals surface area contributed by atoms with Gasteiger partial charge in [-0.2, -0.15) is 0 Å². The Labute approximate surface area is 124 Å². The summed E-state index contributed by atoms with van der Waals surface area (Å²) >= 11 is 0. The molecule has 0 bridgehead atoms. The van der Waals surface area contributed by atoms with Crippen LogP contribution in [0.4, 0.5) is 0 Å². The number of rotatable bonds is 3. The van der Waals surface area contributed by atoms with E-state index in [-0.39, 0.29) is 35.9 Å². The van der Waals surface area contributed by atoms with Gasteiger partial charge in [0, 0.05) is 24.0 Å². The minimum atomic E-state index is -0.0909. The van der Waals surface area contributed by atoms with E-state index < -0.39 is 0 Å². The number of nitrogens with two attached hydrogens (primary N) is 1. The molecule has 6 heteroatoms.